The maximum atomic E-state index is 12.3. The highest BCUT2D eigenvalue weighted by molar-refractivity contribution is 7.89. The van der Waals surface area contributed by atoms with Crippen molar-refractivity contribution in [2.24, 2.45) is 5.92 Å². The summed E-state index contributed by atoms with van der Waals surface area (Å²) in [6.07, 6.45) is 6.50. The summed E-state index contributed by atoms with van der Waals surface area (Å²) in [6.45, 7) is 6.74. The molecule has 1 fully saturated rings. The molecule has 1 rings (SSSR count). The van der Waals surface area contributed by atoms with E-state index in [2.05, 4.69) is 13.8 Å². The van der Waals surface area contributed by atoms with Gasteiger partial charge in [0.15, 0.2) is 0 Å². The zero-order valence-corrected chi connectivity index (χ0v) is 12.3. The van der Waals surface area contributed by atoms with Crippen LogP contribution in [0.25, 0.3) is 0 Å². The minimum atomic E-state index is -3.03. The van der Waals surface area contributed by atoms with Gasteiger partial charge >= 0.3 is 0 Å². The van der Waals surface area contributed by atoms with Crippen LogP contribution in [0.1, 0.15) is 59.3 Å². The van der Waals surface area contributed by atoms with E-state index in [-0.39, 0.29) is 6.04 Å². The van der Waals surface area contributed by atoms with Crippen LogP contribution in [0.4, 0.5) is 0 Å². The van der Waals surface area contributed by atoms with Crippen molar-refractivity contribution >= 4 is 10.0 Å². The van der Waals surface area contributed by atoms with Gasteiger partial charge in [-0.3, -0.25) is 0 Å². The molecule has 3 nitrogen and oxygen atoms in total. The number of sulfonamides is 1. The van der Waals surface area contributed by atoms with Crippen molar-refractivity contribution in [3.05, 3.63) is 0 Å². The van der Waals surface area contributed by atoms with Crippen LogP contribution in [-0.4, -0.2) is 31.1 Å². The predicted molar refractivity (Wildman–Crippen MR) is 72.5 cm³/mol. The Morgan fingerprint density at radius 2 is 1.76 bits per heavy atom. The average Bonchev–Trinajstić information content (AvgIpc) is 2.29. The molecule has 0 aromatic carbocycles. The van der Waals surface area contributed by atoms with Crippen molar-refractivity contribution in [3.63, 3.8) is 0 Å². The maximum absolute atomic E-state index is 12.3. The lowest BCUT2D eigenvalue weighted by atomic mass is 9.95. The molecule has 0 unspecified atom stereocenters. The van der Waals surface area contributed by atoms with Crippen LogP contribution in [0.5, 0.6) is 0 Å². The number of rotatable bonds is 6. The van der Waals surface area contributed by atoms with E-state index in [1.807, 2.05) is 6.92 Å². The second kappa shape index (κ2) is 6.74. The zero-order chi connectivity index (χ0) is 12.9. The molecule has 0 N–H and O–H groups in total. The Bertz CT molecular complexity index is 305. The van der Waals surface area contributed by atoms with Crippen LogP contribution < -0.4 is 0 Å². The lowest BCUT2D eigenvalue weighted by Gasteiger charge is -2.32. The molecule has 102 valence electrons. The van der Waals surface area contributed by atoms with Crippen LogP contribution in [0, 0.1) is 5.92 Å². The van der Waals surface area contributed by atoms with Gasteiger partial charge in [0, 0.05) is 12.6 Å². The minimum Gasteiger partial charge on any atom is -0.212 e. The fourth-order valence-corrected chi connectivity index (χ4v) is 4.62. The molecule has 1 aliphatic rings. The van der Waals surface area contributed by atoms with Crippen LogP contribution in [-0.2, 0) is 10.0 Å². The molecule has 0 bridgehead atoms. The Labute approximate surface area is 107 Å². The van der Waals surface area contributed by atoms with Crippen molar-refractivity contribution in [2.75, 3.05) is 12.3 Å². The van der Waals surface area contributed by atoms with Gasteiger partial charge < -0.3 is 0 Å². The molecule has 1 aliphatic carbocycles. The van der Waals surface area contributed by atoms with Crippen LogP contribution in [0.3, 0.4) is 0 Å². The normalized spacial score (nSPS) is 19.1. The largest absolute Gasteiger partial charge is 0.214 e. The monoisotopic (exact) mass is 261 g/mol. The highest BCUT2D eigenvalue weighted by Crippen LogP contribution is 2.25. The van der Waals surface area contributed by atoms with Gasteiger partial charge in [-0.05, 0) is 25.2 Å². The van der Waals surface area contributed by atoms with Crippen LogP contribution >= 0.6 is 0 Å². The van der Waals surface area contributed by atoms with Crippen LogP contribution in [0.15, 0.2) is 0 Å². The summed E-state index contributed by atoms with van der Waals surface area (Å²) in [6, 6.07) is 0.269. The molecular formula is C13H27NO2S. The first kappa shape index (κ1) is 15.0. The summed E-state index contributed by atoms with van der Waals surface area (Å²) in [5, 5.41) is 0. The molecular weight excluding hydrogens is 234 g/mol. The summed E-state index contributed by atoms with van der Waals surface area (Å²) in [4.78, 5) is 0. The Morgan fingerprint density at radius 1 is 1.18 bits per heavy atom. The van der Waals surface area contributed by atoms with Crippen molar-refractivity contribution in [2.45, 2.75) is 65.3 Å². The van der Waals surface area contributed by atoms with E-state index >= 15 is 0 Å². The Hall–Kier alpha value is -0.0900. The van der Waals surface area contributed by atoms with Gasteiger partial charge in [-0.15, -0.1) is 0 Å². The van der Waals surface area contributed by atoms with E-state index < -0.39 is 10.0 Å². The predicted octanol–water partition coefficient (Wildman–Crippen LogP) is 3.02. The lowest BCUT2D eigenvalue weighted by Crippen LogP contribution is -2.42. The maximum Gasteiger partial charge on any atom is 0.214 e. The summed E-state index contributed by atoms with van der Waals surface area (Å²) < 4.78 is 26.3. The number of nitrogens with zero attached hydrogens (tertiary/aromatic N) is 1. The second-order valence-corrected chi connectivity index (χ2v) is 7.53. The Morgan fingerprint density at radius 3 is 2.24 bits per heavy atom. The van der Waals surface area contributed by atoms with Crippen molar-refractivity contribution in [1.82, 2.24) is 4.31 Å². The third kappa shape index (κ3) is 4.59. The summed E-state index contributed by atoms with van der Waals surface area (Å²) in [5.74, 6) is 0.768. The molecule has 1 saturated carbocycles. The molecule has 17 heavy (non-hydrogen) atoms. The van der Waals surface area contributed by atoms with E-state index in [4.69, 9.17) is 0 Å². The van der Waals surface area contributed by atoms with Gasteiger partial charge in [0.05, 0.1) is 5.75 Å². The van der Waals surface area contributed by atoms with Crippen molar-refractivity contribution in [3.8, 4) is 0 Å². The Kier molecular flexibility index (Phi) is 5.93. The third-order valence-electron chi connectivity index (χ3n) is 3.60. The van der Waals surface area contributed by atoms with Gasteiger partial charge in [-0.1, -0.05) is 40.0 Å². The minimum absolute atomic E-state index is 0.269. The first-order valence-electron chi connectivity index (χ1n) is 6.97. The van der Waals surface area contributed by atoms with E-state index in [0.717, 1.165) is 19.3 Å². The van der Waals surface area contributed by atoms with Gasteiger partial charge in [0.25, 0.3) is 0 Å². The lowest BCUT2D eigenvalue weighted by molar-refractivity contribution is 0.261. The molecule has 0 amide bonds. The number of hydrogen-bond acceptors (Lipinski definition) is 2. The molecule has 0 saturated heterocycles. The molecule has 0 spiro atoms. The summed E-state index contributed by atoms with van der Waals surface area (Å²) >= 11 is 0. The van der Waals surface area contributed by atoms with Gasteiger partial charge in [0.1, 0.15) is 0 Å². The van der Waals surface area contributed by atoms with Gasteiger partial charge in [-0.25, -0.2) is 8.42 Å². The molecule has 0 radical (unpaired) electrons. The van der Waals surface area contributed by atoms with E-state index in [1.165, 1.54) is 19.3 Å². The molecule has 0 atom stereocenters. The topological polar surface area (TPSA) is 37.4 Å². The van der Waals surface area contributed by atoms with Gasteiger partial charge in [0.2, 0.25) is 10.0 Å². The quantitative estimate of drug-likeness (QED) is 0.737. The standard InChI is InChI=1S/C13H27NO2S/c1-4-14(13-8-6-5-7-9-13)17(15,16)11-10-12(2)3/h12-13H,4-11H2,1-3H3. The SMILES string of the molecule is CCN(C1CCCCC1)S(=O)(=O)CCC(C)C. The highest BCUT2D eigenvalue weighted by Gasteiger charge is 2.29. The van der Waals surface area contributed by atoms with Gasteiger partial charge in [-0.2, -0.15) is 4.31 Å². The molecule has 0 aliphatic heterocycles. The average molecular weight is 261 g/mol. The molecule has 0 heterocycles. The Balaban J connectivity index is 2.63. The fraction of sp³-hybridized carbons (Fsp3) is 1.00. The smallest absolute Gasteiger partial charge is 0.212 e. The van der Waals surface area contributed by atoms with E-state index in [0.29, 0.717) is 18.2 Å². The summed E-state index contributed by atoms with van der Waals surface area (Å²) in [5.41, 5.74) is 0. The number of hydrogen-bond donors (Lipinski definition) is 0. The summed E-state index contributed by atoms with van der Waals surface area (Å²) in [7, 11) is -3.03. The second-order valence-electron chi connectivity index (χ2n) is 5.49. The first-order valence-corrected chi connectivity index (χ1v) is 8.57. The fourth-order valence-electron chi connectivity index (χ4n) is 2.55. The zero-order valence-electron chi connectivity index (χ0n) is 11.5. The van der Waals surface area contributed by atoms with Crippen molar-refractivity contribution < 1.29 is 8.42 Å². The third-order valence-corrected chi connectivity index (χ3v) is 5.63. The first-order chi connectivity index (χ1) is 7.97. The van der Waals surface area contributed by atoms with E-state index in [9.17, 15) is 8.42 Å². The van der Waals surface area contributed by atoms with E-state index in [1.54, 1.807) is 4.31 Å². The molecule has 0 aromatic heterocycles. The highest BCUT2D eigenvalue weighted by atomic mass is 32.2. The molecule has 4 heteroatoms. The van der Waals surface area contributed by atoms with Crippen LogP contribution in [0.2, 0.25) is 0 Å². The molecule has 0 aromatic rings. The van der Waals surface area contributed by atoms with Crippen molar-refractivity contribution in [1.29, 1.82) is 0 Å².